The lowest BCUT2D eigenvalue weighted by Gasteiger charge is -2.16. The second kappa shape index (κ2) is 11.7. The number of pyridine rings is 1. The molecule has 1 aliphatic heterocycles. The molecule has 1 N–H and O–H groups in total. The predicted octanol–water partition coefficient (Wildman–Crippen LogP) is 5.84. The van der Waals surface area contributed by atoms with Gasteiger partial charge in [0.15, 0.2) is 0 Å². The third kappa shape index (κ3) is 5.39. The molecule has 8 heteroatoms. The molecule has 1 atom stereocenters. The molecule has 0 fully saturated rings. The number of carbonyl (C=O) groups is 3. The molecule has 0 radical (unpaired) electrons. The van der Waals surface area contributed by atoms with Gasteiger partial charge in [-0.25, -0.2) is 9.97 Å². The fraction of sp³-hybridized carbons (Fsp3) is 0.346. The molecule has 0 aliphatic carbocycles. The third-order valence-electron chi connectivity index (χ3n) is 5.16. The first-order chi connectivity index (χ1) is 16.3. The van der Waals surface area contributed by atoms with E-state index in [1.165, 1.54) is 7.05 Å². The van der Waals surface area contributed by atoms with Crippen LogP contribution < -0.4 is 5.32 Å². The van der Waals surface area contributed by atoms with Gasteiger partial charge in [0.1, 0.15) is 5.82 Å². The fourth-order valence-electron chi connectivity index (χ4n) is 3.49. The van der Waals surface area contributed by atoms with Crippen molar-refractivity contribution in [3.8, 4) is 11.3 Å². The number of imide groups is 1. The van der Waals surface area contributed by atoms with Gasteiger partial charge >= 0.3 is 0 Å². The number of hydrogen-bond acceptors (Lipinski definition) is 6. The smallest absolute Gasteiger partial charge is 0.261 e. The number of rotatable bonds is 4. The maximum atomic E-state index is 12.9. The molecule has 4 rings (SSSR count). The lowest BCUT2D eigenvalue weighted by atomic mass is 9.90. The number of carbonyl (C=O) groups excluding carboxylic acids is 3. The van der Waals surface area contributed by atoms with Crippen molar-refractivity contribution in [1.29, 1.82) is 0 Å². The molecule has 0 saturated heterocycles. The van der Waals surface area contributed by atoms with E-state index in [-0.39, 0.29) is 17.7 Å². The topological polar surface area (TPSA) is 92.3 Å². The van der Waals surface area contributed by atoms with Crippen molar-refractivity contribution in [1.82, 2.24) is 14.9 Å². The van der Waals surface area contributed by atoms with Crippen LogP contribution in [0.2, 0.25) is 0 Å². The predicted molar refractivity (Wildman–Crippen MR) is 137 cm³/mol. The highest BCUT2D eigenvalue weighted by Gasteiger charge is 2.37. The summed E-state index contributed by atoms with van der Waals surface area (Å²) < 4.78 is 0. The number of thiazole rings is 1. The second-order valence-electron chi connectivity index (χ2n) is 7.34. The maximum absolute atomic E-state index is 12.9. The minimum atomic E-state index is -0.635. The maximum Gasteiger partial charge on any atom is 0.261 e. The van der Waals surface area contributed by atoms with E-state index in [2.05, 4.69) is 15.3 Å². The number of benzene rings is 1. The lowest BCUT2D eigenvalue weighted by Crippen LogP contribution is -2.25. The van der Waals surface area contributed by atoms with Crippen LogP contribution in [-0.4, -0.2) is 39.6 Å². The monoisotopic (exact) mass is 480 g/mol. The second-order valence-corrected chi connectivity index (χ2v) is 8.40. The quantitative estimate of drug-likeness (QED) is 0.474. The van der Waals surface area contributed by atoms with E-state index in [1.54, 1.807) is 42.7 Å². The van der Waals surface area contributed by atoms with E-state index in [1.807, 2.05) is 53.0 Å². The van der Waals surface area contributed by atoms with Gasteiger partial charge in [-0.05, 0) is 50.1 Å². The highest BCUT2D eigenvalue weighted by molar-refractivity contribution is 7.09. The van der Waals surface area contributed by atoms with Crippen LogP contribution in [0.25, 0.3) is 11.3 Å². The summed E-state index contributed by atoms with van der Waals surface area (Å²) in [6.07, 6.45) is 1.66. The van der Waals surface area contributed by atoms with E-state index in [4.69, 9.17) is 0 Å². The molecule has 3 heterocycles. The van der Waals surface area contributed by atoms with Crippen molar-refractivity contribution in [3.63, 3.8) is 0 Å². The van der Waals surface area contributed by atoms with Gasteiger partial charge in [0.25, 0.3) is 11.8 Å². The summed E-state index contributed by atoms with van der Waals surface area (Å²) >= 11 is 1.56. The van der Waals surface area contributed by atoms with Crippen molar-refractivity contribution >= 4 is 34.9 Å². The van der Waals surface area contributed by atoms with Crippen molar-refractivity contribution < 1.29 is 14.4 Å². The van der Waals surface area contributed by atoms with Crippen molar-refractivity contribution in [2.75, 3.05) is 12.4 Å². The van der Waals surface area contributed by atoms with Crippen LogP contribution in [-0.2, 0) is 4.79 Å². The minimum Gasteiger partial charge on any atom is -0.310 e. The summed E-state index contributed by atoms with van der Waals surface area (Å²) in [6, 6.07) is 7.04. The molecule has 0 spiro atoms. The number of anilines is 1. The number of nitrogens with zero attached hydrogens (tertiary/aromatic N) is 3. The van der Waals surface area contributed by atoms with Crippen LogP contribution in [0.1, 0.15) is 77.4 Å². The van der Waals surface area contributed by atoms with E-state index in [9.17, 15) is 14.4 Å². The Kier molecular flexibility index (Phi) is 9.20. The molecule has 3 aromatic rings. The Balaban J connectivity index is 0.000000970. The van der Waals surface area contributed by atoms with Gasteiger partial charge < -0.3 is 5.32 Å². The third-order valence-corrected chi connectivity index (χ3v) is 5.93. The molecule has 34 heavy (non-hydrogen) atoms. The van der Waals surface area contributed by atoms with Gasteiger partial charge in [0.05, 0.1) is 27.7 Å². The molecule has 7 nitrogen and oxygen atoms in total. The molecule has 0 bridgehead atoms. The average Bonchev–Trinajstić information content (AvgIpc) is 3.38. The number of hydrogen-bond donors (Lipinski definition) is 1. The van der Waals surface area contributed by atoms with Crippen LogP contribution >= 0.6 is 11.3 Å². The van der Waals surface area contributed by atoms with Crippen LogP contribution in [0.4, 0.5) is 5.82 Å². The van der Waals surface area contributed by atoms with E-state index < -0.39 is 5.92 Å². The van der Waals surface area contributed by atoms with E-state index in [0.29, 0.717) is 22.5 Å². The van der Waals surface area contributed by atoms with Crippen LogP contribution in [0.15, 0.2) is 35.8 Å². The molecule has 2 aromatic heterocycles. The first-order valence-corrected chi connectivity index (χ1v) is 12.3. The first-order valence-electron chi connectivity index (χ1n) is 11.4. The summed E-state index contributed by atoms with van der Waals surface area (Å²) in [5.74, 6) is -1.26. The number of amides is 3. The number of fused-ring (bicyclic) bond motifs is 1. The Morgan fingerprint density at radius 3 is 2.29 bits per heavy atom. The normalized spacial score (nSPS) is 12.8. The summed E-state index contributed by atoms with van der Waals surface area (Å²) in [4.78, 5) is 47.6. The zero-order valence-corrected chi connectivity index (χ0v) is 21.8. The zero-order valence-electron chi connectivity index (χ0n) is 21.0. The summed E-state index contributed by atoms with van der Waals surface area (Å²) in [5, 5.41) is 5.73. The average molecular weight is 481 g/mol. The van der Waals surface area contributed by atoms with Crippen molar-refractivity contribution in [2.45, 2.75) is 54.4 Å². The van der Waals surface area contributed by atoms with Crippen LogP contribution in [0, 0.1) is 13.8 Å². The summed E-state index contributed by atoms with van der Waals surface area (Å²) in [5.41, 5.74) is 3.73. The number of nitrogens with one attached hydrogen (secondary N) is 1. The van der Waals surface area contributed by atoms with Crippen molar-refractivity contribution in [3.05, 3.63) is 63.1 Å². The Hall–Kier alpha value is -3.39. The molecule has 1 aromatic carbocycles. The molecular formula is C26H32N4O3S. The Morgan fingerprint density at radius 1 is 1.06 bits per heavy atom. The van der Waals surface area contributed by atoms with Gasteiger partial charge in [-0.3, -0.25) is 19.3 Å². The fourth-order valence-corrected chi connectivity index (χ4v) is 4.12. The number of aryl methyl sites for hydroxylation is 2. The van der Waals surface area contributed by atoms with Gasteiger partial charge in [-0.1, -0.05) is 33.8 Å². The van der Waals surface area contributed by atoms with Gasteiger partial charge in [0.2, 0.25) is 5.91 Å². The van der Waals surface area contributed by atoms with Gasteiger partial charge in [-0.15, -0.1) is 11.3 Å². The highest BCUT2D eigenvalue weighted by Crippen LogP contribution is 2.32. The molecule has 0 saturated carbocycles. The van der Waals surface area contributed by atoms with Crippen LogP contribution in [0.5, 0.6) is 0 Å². The van der Waals surface area contributed by atoms with E-state index in [0.717, 1.165) is 26.7 Å². The first kappa shape index (κ1) is 26.9. The standard InChI is InChI=1S/C22H20N4O3S.2C2H6/c1-11-7-15(19-16(8-11)21(28)26(4)22(19)29)12(2)20(27)25-18-6-5-14(9-23-18)17-10-30-13(3)24-17;2*1-2/h5-10,12H,1-4H3,(H,23,25,27);2*1-2H3. The zero-order chi connectivity index (χ0) is 25.6. The number of aromatic nitrogens is 2. The minimum absolute atomic E-state index is 0.303. The Morgan fingerprint density at radius 2 is 1.74 bits per heavy atom. The van der Waals surface area contributed by atoms with E-state index >= 15 is 0 Å². The van der Waals surface area contributed by atoms with Gasteiger partial charge in [-0.2, -0.15) is 0 Å². The van der Waals surface area contributed by atoms with Crippen LogP contribution in [0.3, 0.4) is 0 Å². The molecule has 1 unspecified atom stereocenters. The molecular weight excluding hydrogens is 448 g/mol. The van der Waals surface area contributed by atoms with Gasteiger partial charge in [0, 0.05) is 24.2 Å². The summed E-state index contributed by atoms with van der Waals surface area (Å²) in [7, 11) is 1.45. The largest absolute Gasteiger partial charge is 0.310 e. The SMILES string of the molecule is CC.CC.Cc1cc2c(c(C(C)C(=O)Nc3ccc(-c4csc(C)n4)cn3)c1)C(=O)N(C)C2=O. The molecule has 1 aliphatic rings. The summed E-state index contributed by atoms with van der Waals surface area (Å²) in [6.45, 7) is 13.5. The molecule has 3 amide bonds. The Bertz CT molecular complexity index is 1190. The Labute approximate surface area is 205 Å². The molecule has 180 valence electrons. The highest BCUT2D eigenvalue weighted by atomic mass is 32.1. The van der Waals surface area contributed by atoms with Crippen molar-refractivity contribution in [2.24, 2.45) is 0 Å². The lowest BCUT2D eigenvalue weighted by molar-refractivity contribution is -0.117.